The molecule has 0 radical (unpaired) electrons. The lowest BCUT2D eigenvalue weighted by Crippen LogP contribution is -2.50. The van der Waals surface area contributed by atoms with Crippen LogP contribution in [0.5, 0.6) is 17.2 Å². The first-order valence-electron chi connectivity index (χ1n) is 31.2. The molecule has 0 unspecified atom stereocenters. The van der Waals surface area contributed by atoms with Crippen molar-refractivity contribution in [1.82, 2.24) is 39.6 Å². The van der Waals surface area contributed by atoms with Crippen molar-refractivity contribution >= 4 is 41.1 Å². The highest BCUT2D eigenvalue weighted by Crippen LogP contribution is 2.39. The van der Waals surface area contributed by atoms with Gasteiger partial charge in [-0.05, 0) is 141 Å². The molecule has 3 aliphatic rings. The van der Waals surface area contributed by atoms with E-state index in [1.807, 2.05) is 67.0 Å². The average Bonchev–Trinajstić information content (AvgIpc) is 1.77. The van der Waals surface area contributed by atoms with Crippen LogP contribution in [0, 0.1) is 26.6 Å². The van der Waals surface area contributed by atoms with E-state index in [1.165, 1.54) is 17.2 Å². The molecule has 5 heterocycles. The zero-order valence-electron chi connectivity index (χ0n) is 52.7. The number of rotatable bonds is 27. The number of benzene rings is 4. The lowest BCUT2D eigenvalue weighted by molar-refractivity contribution is -0.162. The molecule has 0 saturated carbocycles. The smallest absolute Gasteiger partial charge is 0.329 e. The molecule has 2 aromatic heterocycles. The van der Waals surface area contributed by atoms with Crippen LogP contribution in [0.2, 0.25) is 0 Å². The molecule has 9 rings (SSSR count). The van der Waals surface area contributed by atoms with Crippen molar-refractivity contribution in [3.05, 3.63) is 136 Å². The lowest BCUT2D eigenvalue weighted by Gasteiger charge is -2.37. The fraction of sp³-hybridized carbons (Fsp3) is 0.485. The molecule has 3 atom stereocenters. The van der Waals surface area contributed by atoms with E-state index in [-0.39, 0.29) is 81.4 Å². The second-order valence-electron chi connectivity index (χ2n) is 23.4. The molecule has 3 aliphatic heterocycles. The van der Waals surface area contributed by atoms with Gasteiger partial charge in [-0.2, -0.15) is 10.2 Å². The average molecular weight is 1220 g/mol. The van der Waals surface area contributed by atoms with Gasteiger partial charge in [0.2, 0.25) is 17.7 Å². The number of esters is 1. The van der Waals surface area contributed by atoms with Crippen LogP contribution in [-0.4, -0.2) is 150 Å². The van der Waals surface area contributed by atoms with Crippen LogP contribution in [0.25, 0.3) is 11.1 Å². The molecule has 0 aliphatic carbocycles. The summed E-state index contributed by atoms with van der Waals surface area (Å²) in [7, 11) is 4.98. The van der Waals surface area contributed by atoms with Crippen molar-refractivity contribution in [1.29, 1.82) is 0 Å². The van der Waals surface area contributed by atoms with Gasteiger partial charge in [0.25, 0.3) is 5.91 Å². The molecule has 476 valence electrons. The lowest BCUT2D eigenvalue weighted by atomic mass is 9.91. The zero-order valence-corrected chi connectivity index (χ0v) is 52.7. The highest BCUT2D eigenvalue weighted by Gasteiger charge is 2.38. The van der Waals surface area contributed by atoms with Gasteiger partial charge in [0.15, 0.2) is 23.9 Å². The van der Waals surface area contributed by atoms with Gasteiger partial charge in [-0.15, -0.1) is 0 Å². The first kappa shape index (κ1) is 65.2. The van der Waals surface area contributed by atoms with E-state index in [0.717, 1.165) is 46.4 Å². The van der Waals surface area contributed by atoms with Gasteiger partial charge in [0.05, 0.1) is 77.5 Å². The number of hydrogen-bond acceptors (Lipinski definition) is 14. The molecule has 20 nitrogen and oxygen atoms in total. The number of fused-ring (bicyclic) bond motifs is 1. The Bertz CT molecular complexity index is 3450. The van der Waals surface area contributed by atoms with E-state index >= 15 is 4.39 Å². The van der Waals surface area contributed by atoms with E-state index in [4.69, 9.17) is 33.5 Å². The number of hydrogen-bond donors (Lipinski definition) is 2. The molecule has 0 bridgehead atoms. The maximum atomic E-state index is 15.6. The van der Waals surface area contributed by atoms with Crippen LogP contribution in [0.4, 0.5) is 15.9 Å². The van der Waals surface area contributed by atoms with Crippen LogP contribution in [0.15, 0.2) is 85.2 Å². The number of aryl methyl sites for hydroxylation is 5. The van der Waals surface area contributed by atoms with Crippen molar-refractivity contribution in [3.8, 4) is 28.4 Å². The van der Waals surface area contributed by atoms with Gasteiger partial charge in [0.1, 0.15) is 23.7 Å². The normalized spacial score (nSPS) is 15.9. The van der Waals surface area contributed by atoms with Crippen molar-refractivity contribution in [2.45, 2.75) is 129 Å². The second kappa shape index (κ2) is 30.8. The largest absolute Gasteiger partial charge is 0.493 e. The van der Waals surface area contributed by atoms with E-state index in [0.29, 0.717) is 112 Å². The van der Waals surface area contributed by atoms with Crippen molar-refractivity contribution in [2.24, 2.45) is 7.05 Å². The highest BCUT2D eigenvalue weighted by atomic mass is 19.1. The van der Waals surface area contributed by atoms with Gasteiger partial charge in [-0.25, -0.2) is 9.18 Å². The molecular weight excluding hydrogens is 1140 g/mol. The number of carbonyl (C=O) groups excluding carboxylic acids is 5. The molecule has 0 spiro atoms. The fourth-order valence-corrected chi connectivity index (χ4v) is 12.2. The van der Waals surface area contributed by atoms with Crippen LogP contribution in [-0.2, 0) is 64.6 Å². The Balaban J connectivity index is 0.702. The SMILES string of the molecule is CC[C@H](C(=O)N1CCCC[C@H]1C(=O)O[C@H](CCc1ccc(C)c(C)c1)c1cccc(OCC(=O)NCCOCCOCCC(=O)N2CCC(n3nc(Nc4ccc(-c5cnn(C)c5)cc4F)c4c3CCN(C(C)=O)C4)CC2)c1)c1cc(C)c(OC)c(OC)c1. The van der Waals surface area contributed by atoms with Crippen LogP contribution >= 0.6 is 0 Å². The summed E-state index contributed by atoms with van der Waals surface area (Å²) in [4.78, 5) is 73.0. The highest BCUT2D eigenvalue weighted by molar-refractivity contribution is 5.89. The van der Waals surface area contributed by atoms with Crippen LogP contribution in [0.1, 0.15) is 128 Å². The van der Waals surface area contributed by atoms with Crippen molar-refractivity contribution in [2.75, 3.05) is 85.3 Å². The Labute approximate surface area is 521 Å². The number of amides is 4. The predicted octanol–water partition coefficient (Wildman–Crippen LogP) is 9.59. The molecule has 2 N–H and O–H groups in total. The number of piperidine rings is 2. The number of nitrogens with one attached hydrogen (secondary N) is 2. The van der Waals surface area contributed by atoms with Crippen molar-refractivity contribution < 1.29 is 56.8 Å². The number of aromatic nitrogens is 4. The van der Waals surface area contributed by atoms with Crippen molar-refractivity contribution in [3.63, 3.8) is 0 Å². The first-order valence-corrected chi connectivity index (χ1v) is 31.2. The third-order valence-electron chi connectivity index (χ3n) is 17.3. The molecule has 2 fully saturated rings. The second-order valence-corrected chi connectivity index (χ2v) is 23.4. The number of ether oxygens (including phenoxy) is 6. The maximum absolute atomic E-state index is 15.6. The fourth-order valence-electron chi connectivity index (χ4n) is 12.2. The summed E-state index contributed by atoms with van der Waals surface area (Å²) in [5, 5.41) is 15.2. The standard InChI is InChI=1S/C68H86FN9O11/c1-9-55(51-36-46(4)65(85-8)62(39-51)84-7)67(82)77-27-11-10-15-60(77)68(83)89-61(21-18-48-17-16-44(2)45(3)35-48)50-13-12-14-54(37-50)88-43-63(80)70-26-32-87-34-33-86-31-25-64(81)75-28-22-53(23-29-75)78-59-24-30-76(47(5)79)42-56(59)66(73-78)72-58-20-19-49(38-57(58)69)52-40-71-74(6)41-52/h12-14,16-17,19-20,35-41,53,55,60-61H,9-11,15,18,21-34,42-43H2,1-8H3,(H,70,80)(H,72,73)/t55-,60-,61+/m0/s1. The van der Waals surface area contributed by atoms with E-state index in [2.05, 4.69) is 47.8 Å². The summed E-state index contributed by atoms with van der Waals surface area (Å²) >= 11 is 0. The Morgan fingerprint density at radius 3 is 2.31 bits per heavy atom. The van der Waals surface area contributed by atoms with Gasteiger partial charge in [0, 0.05) is 76.1 Å². The summed E-state index contributed by atoms with van der Waals surface area (Å²) in [5.74, 6) is 0.231. The Hall–Kier alpha value is -8.30. The zero-order chi connectivity index (χ0) is 63.1. The predicted molar refractivity (Wildman–Crippen MR) is 335 cm³/mol. The molecule has 4 aromatic carbocycles. The maximum Gasteiger partial charge on any atom is 0.329 e. The number of methoxy groups -OCH3 is 2. The van der Waals surface area contributed by atoms with Gasteiger partial charge < -0.3 is 53.8 Å². The third-order valence-corrected chi connectivity index (χ3v) is 17.3. The minimum atomic E-state index is -0.760. The molecule has 6 aromatic rings. The summed E-state index contributed by atoms with van der Waals surface area (Å²) < 4.78 is 54.3. The van der Waals surface area contributed by atoms with E-state index in [9.17, 15) is 24.0 Å². The van der Waals surface area contributed by atoms with Gasteiger partial charge in [-0.3, -0.25) is 28.5 Å². The minimum absolute atomic E-state index is 0.00445. The van der Waals surface area contributed by atoms with Gasteiger partial charge in [-0.1, -0.05) is 49.4 Å². The van der Waals surface area contributed by atoms with E-state index < -0.39 is 29.9 Å². The third kappa shape index (κ3) is 16.5. The van der Waals surface area contributed by atoms with Gasteiger partial charge >= 0.3 is 5.97 Å². The Morgan fingerprint density at radius 1 is 0.798 bits per heavy atom. The first-order chi connectivity index (χ1) is 43.0. The number of carbonyl (C=O) groups is 5. The summed E-state index contributed by atoms with van der Waals surface area (Å²) in [5.41, 5.74) is 9.52. The molecule has 89 heavy (non-hydrogen) atoms. The van der Waals surface area contributed by atoms with Crippen LogP contribution in [0.3, 0.4) is 0 Å². The Morgan fingerprint density at radius 2 is 1.60 bits per heavy atom. The van der Waals surface area contributed by atoms with E-state index in [1.54, 1.807) is 60.0 Å². The molecular formula is C68H86FN9O11. The number of likely N-dealkylation sites (tertiary alicyclic amines) is 2. The quantitative estimate of drug-likeness (QED) is 0.0364. The summed E-state index contributed by atoms with van der Waals surface area (Å²) in [6.45, 7) is 13.1. The topological polar surface area (TPSA) is 210 Å². The monoisotopic (exact) mass is 1220 g/mol. The number of halogens is 1. The molecule has 2 saturated heterocycles. The number of anilines is 2. The Kier molecular flexibility index (Phi) is 22.5. The van der Waals surface area contributed by atoms with Crippen LogP contribution < -0.4 is 24.8 Å². The minimum Gasteiger partial charge on any atom is -0.493 e. The molecule has 4 amide bonds. The summed E-state index contributed by atoms with van der Waals surface area (Å²) in [6.07, 6.45) is 8.75. The number of nitrogens with zero attached hydrogens (tertiary/aromatic N) is 7. The molecule has 21 heteroatoms. The summed E-state index contributed by atoms with van der Waals surface area (Å²) in [6, 6.07) is 21.7.